The lowest BCUT2D eigenvalue weighted by atomic mass is 9.92. The third-order valence-corrected chi connectivity index (χ3v) is 11.7. The number of benzene rings is 4. The number of halogens is 6. The SMILES string of the molecule is NN1CCC(NC(=O)COc2ccc(Cl)c(F)c2)CC1.O=C(COc1ccc(Cl)c(F)c1)CC1CCN(NC(=O)c2ccc3cc(Cl)ccc3n2)CC1.O=C(O)c1ccc2cc(Cl)ccc2n1. The van der Waals surface area contributed by atoms with E-state index in [1.54, 1.807) is 53.5 Å². The molecule has 0 saturated carbocycles. The van der Waals surface area contributed by atoms with Gasteiger partial charge in [0.2, 0.25) is 0 Å². The average molecular weight is 1000 g/mol. The Bertz CT molecular complexity index is 2720. The van der Waals surface area contributed by atoms with Crippen molar-refractivity contribution in [1.82, 2.24) is 30.7 Å². The number of pyridine rings is 2. The van der Waals surface area contributed by atoms with Crippen LogP contribution in [0.1, 0.15) is 53.1 Å². The Labute approximate surface area is 404 Å². The number of carboxylic acids is 1. The molecule has 352 valence electrons. The van der Waals surface area contributed by atoms with Gasteiger partial charge in [0, 0.05) is 71.6 Å². The molecule has 2 aliphatic heterocycles. The number of ketones is 1. The number of nitrogens with one attached hydrogen (secondary N) is 2. The maximum atomic E-state index is 13.5. The summed E-state index contributed by atoms with van der Waals surface area (Å²) in [6, 6.07) is 25.4. The molecule has 0 spiro atoms. The smallest absolute Gasteiger partial charge is 0.354 e. The van der Waals surface area contributed by atoms with Gasteiger partial charge in [0.25, 0.3) is 11.8 Å². The van der Waals surface area contributed by atoms with Gasteiger partial charge in [-0.05, 0) is 104 Å². The Morgan fingerprint density at radius 1 is 0.672 bits per heavy atom. The van der Waals surface area contributed by atoms with Gasteiger partial charge in [-0.2, -0.15) is 0 Å². The van der Waals surface area contributed by atoms with Gasteiger partial charge in [-0.3, -0.25) is 25.7 Å². The predicted molar refractivity (Wildman–Crippen MR) is 253 cm³/mol. The molecule has 67 heavy (non-hydrogen) atoms. The lowest BCUT2D eigenvalue weighted by molar-refractivity contribution is -0.124. The van der Waals surface area contributed by atoms with Crippen molar-refractivity contribution in [2.24, 2.45) is 11.8 Å². The molecule has 2 aliphatic rings. The third kappa shape index (κ3) is 15.7. The molecule has 6 aromatic rings. The summed E-state index contributed by atoms with van der Waals surface area (Å²) in [6.07, 6.45) is 3.55. The minimum atomic E-state index is -1.03. The van der Waals surface area contributed by atoms with Gasteiger partial charge in [0.1, 0.15) is 41.1 Å². The van der Waals surface area contributed by atoms with Gasteiger partial charge in [0.15, 0.2) is 12.4 Å². The first kappa shape index (κ1) is 50.7. The van der Waals surface area contributed by atoms with Crippen molar-refractivity contribution in [3.8, 4) is 11.5 Å². The summed E-state index contributed by atoms with van der Waals surface area (Å²) in [6.45, 7) is 2.52. The summed E-state index contributed by atoms with van der Waals surface area (Å²) in [5, 5.41) is 18.1. The van der Waals surface area contributed by atoms with Crippen molar-refractivity contribution in [3.63, 3.8) is 0 Å². The number of carbonyl (C=O) groups is 4. The fraction of sp³-hybridized carbons (Fsp3) is 0.277. The molecular weight excluding hydrogens is 954 g/mol. The number of carboxylic acid groups (broad SMARTS) is 1. The van der Waals surface area contributed by atoms with E-state index in [1.165, 1.54) is 30.3 Å². The molecule has 2 amide bonds. The number of hydrogen-bond donors (Lipinski definition) is 4. The minimum absolute atomic E-state index is 0.00818. The Balaban J connectivity index is 0.000000184. The number of hydrazine groups is 2. The Morgan fingerprint density at radius 3 is 1.73 bits per heavy atom. The van der Waals surface area contributed by atoms with E-state index in [2.05, 4.69) is 20.7 Å². The first-order valence-electron chi connectivity index (χ1n) is 21.0. The van der Waals surface area contributed by atoms with Gasteiger partial charge >= 0.3 is 5.97 Å². The fourth-order valence-corrected chi connectivity index (χ4v) is 7.62. The van der Waals surface area contributed by atoms with E-state index in [4.69, 9.17) is 66.8 Å². The van der Waals surface area contributed by atoms with Crippen LogP contribution in [0, 0.1) is 17.6 Å². The lowest BCUT2D eigenvalue weighted by Gasteiger charge is -2.31. The molecule has 0 unspecified atom stereocenters. The first-order chi connectivity index (χ1) is 32.1. The van der Waals surface area contributed by atoms with Gasteiger partial charge < -0.3 is 19.9 Å². The standard InChI is InChI=1S/C24H22Cl2FN3O3.C13H17ClFN3O2.C10H6ClNO2/c25-17-2-6-22-16(12-17)1-5-23(28-22)24(32)29-30-9-7-15(8-10-30)11-18(31)14-33-19-3-4-20(26)21(27)13-19;14-11-2-1-10(7-12(11)15)20-8-13(19)17-9-3-5-18(16)6-4-9;11-7-2-4-8-6(5-7)1-3-9(12-8)10(13)14/h1-6,12-13,15H,7-11,14H2,(H,29,32);1-2,7,9H,3-6,8,16H2,(H,17,19);1-5H,(H,13,14). The molecule has 0 atom stereocenters. The van der Waals surface area contributed by atoms with Gasteiger partial charge in [-0.1, -0.05) is 58.5 Å². The number of Topliss-reactive ketones (excluding diaryl/α,β-unsaturated/α-hetero) is 1. The monoisotopic (exact) mass is 997 g/mol. The molecule has 5 N–H and O–H groups in total. The summed E-state index contributed by atoms with van der Waals surface area (Å²) in [7, 11) is 0. The molecule has 0 aliphatic carbocycles. The molecule has 2 saturated heterocycles. The van der Waals surface area contributed by atoms with Crippen LogP contribution in [0.3, 0.4) is 0 Å². The zero-order chi connectivity index (χ0) is 48.0. The highest BCUT2D eigenvalue weighted by Gasteiger charge is 2.24. The number of hydrogen-bond acceptors (Lipinski definition) is 11. The third-order valence-electron chi connectivity index (χ3n) is 10.6. The number of nitrogens with zero attached hydrogens (tertiary/aromatic N) is 4. The zero-order valence-electron chi connectivity index (χ0n) is 35.7. The van der Waals surface area contributed by atoms with Crippen molar-refractivity contribution in [2.45, 2.75) is 38.1 Å². The molecule has 4 heterocycles. The Kier molecular flexibility index (Phi) is 18.4. The van der Waals surface area contributed by atoms with Gasteiger partial charge in [0.05, 0.1) is 21.1 Å². The fourth-order valence-electron chi connectivity index (χ4n) is 7.03. The highest BCUT2D eigenvalue weighted by molar-refractivity contribution is 6.32. The average Bonchev–Trinajstić information content (AvgIpc) is 3.31. The number of aromatic nitrogens is 2. The van der Waals surface area contributed by atoms with Crippen LogP contribution >= 0.6 is 46.4 Å². The molecule has 0 radical (unpaired) electrons. The largest absolute Gasteiger partial charge is 0.486 e. The van der Waals surface area contributed by atoms with Crippen LogP contribution in [-0.2, 0) is 9.59 Å². The maximum Gasteiger partial charge on any atom is 0.354 e. The van der Waals surface area contributed by atoms with Crippen molar-refractivity contribution >= 4 is 91.8 Å². The predicted octanol–water partition coefficient (Wildman–Crippen LogP) is 8.97. The van der Waals surface area contributed by atoms with Crippen molar-refractivity contribution < 1.29 is 42.5 Å². The van der Waals surface area contributed by atoms with E-state index < -0.39 is 17.6 Å². The van der Waals surface area contributed by atoms with E-state index in [1.807, 2.05) is 11.1 Å². The summed E-state index contributed by atoms with van der Waals surface area (Å²) < 4.78 is 37.2. The summed E-state index contributed by atoms with van der Waals surface area (Å²) >= 11 is 23.0. The van der Waals surface area contributed by atoms with E-state index >= 15 is 0 Å². The molecule has 2 aromatic heterocycles. The minimum Gasteiger partial charge on any atom is -0.486 e. The second kappa shape index (κ2) is 24.3. The normalized spacial score (nSPS) is 14.6. The zero-order valence-corrected chi connectivity index (χ0v) is 38.7. The highest BCUT2D eigenvalue weighted by Crippen LogP contribution is 2.24. The first-order valence-corrected chi connectivity index (χ1v) is 22.5. The molecule has 0 bridgehead atoms. The number of carbonyl (C=O) groups excluding carboxylic acids is 3. The van der Waals surface area contributed by atoms with Gasteiger partial charge in [-0.15, -0.1) is 0 Å². The topological polar surface area (TPSA) is 189 Å². The second-order valence-corrected chi connectivity index (χ2v) is 17.3. The van der Waals surface area contributed by atoms with Crippen LogP contribution < -0.4 is 26.1 Å². The number of aromatic carboxylic acids is 1. The number of fused-ring (bicyclic) bond motifs is 2. The number of nitrogens with two attached hydrogens (primary N) is 1. The summed E-state index contributed by atoms with van der Waals surface area (Å²) in [4.78, 5) is 55.6. The van der Waals surface area contributed by atoms with Crippen molar-refractivity contribution in [3.05, 3.63) is 140 Å². The Hall–Kier alpha value is -5.72. The highest BCUT2D eigenvalue weighted by atomic mass is 35.5. The quantitative estimate of drug-likeness (QED) is 0.0854. The lowest BCUT2D eigenvalue weighted by Crippen LogP contribution is -2.47. The summed E-state index contributed by atoms with van der Waals surface area (Å²) in [5.41, 5.74) is 4.60. The summed E-state index contributed by atoms with van der Waals surface area (Å²) in [5.74, 6) is 3.67. The van der Waals surface area contributed by atoms with Crippen LogP contribution in [-0.4, -0.2) is 94.1 Å². The maximum absolute atomic E-state index is 13.5. The van der Waals surface area contributed by atoms with Crippen LogP contribution in [0.25, 0.3) is 21.8 Å². The second-order valence-electron chi connectivity index (χ2n) is 15.6. The van der Waals surface area contributed by atoms with Crippen molar-refractivity contribution in [1.29, 1.82) is 0 Å². The van der Waals surface area contributed by atoms with E-state index in [-0.39, 0.29) is 70.0 Å². The van der Waals surface area contributed by atoms with E-state index in [0.717, 1.165) is 61.7 Å². The van der Waals surface area contributed by atoms with Crippen LogP contribution in [0.2, 0.25) is 20.1 Å². The van der Waals surface area contributed by atoms with Crippen LogP contribution in [0.15, 0.2) is 97.1 Å². The number of ether oxygens (including phenoxy) is 2. The number of piperidine rings is 2. The molecule has 20 heteroatoms. The Morgan fingerprint density at radius 2 is 1.19 bits per heavy atom. The van der Waals surface area contributed by atoms with Gasteiger partial charge in [-0.25, -0.2) is 33.6 Å². The van der Waals surface area contributed by atoms with E-state index in [0.29, 0.717) is 46.3 Å². The van der Waals surface area contributed by atoms with E-state index in [9.17, 15) is 28.0 Å². The van der Waals surface area contributed by atoms with Crippen LogP contribution in [0.4, 0.5) is 8.78 Å². The molecule has 8 rings (SSSR count). The van der Waals surface area contributed by atoms with Crippen LogP contribution in [0.5, 0.6) is 11.5 Å². The van der Waals surface area contributed by atoms with Crippen molar-refractivity contribution in [2.75, 3.05) is 39.4 Å². The molecule has 2 fully saturated rings. The molecular formula is C47H45Cl4F2N7O7. The molecule has 14 nitrogen and oxygen atoms in total. The molecule has 4 aromatic carbocycles. The number of amides is 2. The number of rotatable bonds is 12.